The fourth-order valence-corrected chi connectivity index (χ4v) is 18.0. The fraction of sp³-hybridized carbons (Fsp3) is 0.509. The molecule has 10 rings (SSSR count). The third-order valence-corrected chi connectivity index (χ3v) is 22.7. The third kappa shape index (κ3) is 12.4. The Kier molecular flexibility index (Phi) is 15.7. The highest BCUT2D eigenvalue weighted by Gasteiger charge is 2.39. The molecule has 1 atom stereocenters. The van der Waals surface area contributed by atoms with Crippen LogP contribution in [0.4, 0.5) is 32.6 Å². The monoisotopic (exact) mass is 1080 g/mol. The van der Waals surface area contributed by atoms with Gasteiger partial charge in [-0.05, 0) is 142 Å². The number of H-pyrrole nitrogens is 2. The number of anilines is 4. The number of rotatable bonds is 18. The number of amides is 2. The summed E-state index contributed by atoms with van der Waals surface area (Å²) in [6.45, 7) is 7.51. The van der Waals surface area contributed by atoms with Crippen molar-refractivity contribution in [1.82, 2.24) is 41.0 Å². The van der Waals surface area contributed by atoms with Crippen LogP contribution in [0.1, 0.15) is 137 Å². The zero-order valence-electron chi connectivity index (χ0n) is 42.4. The lowest BCUT2D eigenvalue weighted by Gasteiger charge is -2.28. The van der Waals surface area contributed by atoms with Crippen molar-refractivity contribution in [2.45, 2.75) is 164 Å². The van der Waals surface area contributed by atoms with Crippen LogP contribution >= 0.6 is 29.8 Å². The summed E-state index contributed by atoms with van der Waals surface area (Å²) >= 11 is 3.23. The van der Waals surface area contributed by atoms with E-state index in [4.69, 9.17) is 19.4 Å². The minimum atomic E-state index is -3.57. The van der Waals surface area contributed by atoms with Gasteiger partial charge in [0.2, 0.25) is 0 Å². The van der Waals surface area contributed by atoms with E-state index in [0.29, 0.717) is 47.6 Å². The number of thiazole rings is 2. The highest BCUT2D eigenvalue weighted by atomic mass is 32.2. The number of carbonyl (C=O) groups is 2. The summed E-state index contributed by atoms with van der Waals surface area (Å²) in [5, 5.41) is 30.2. The predicted octanol–water partition coefficient (Wildman–Crippen LogP) is 11.8. The van der Waals surface area contributed by atoms with Gasteiger partial charge in [0.1, 0.15) is 13.2 Å². The van der Waals surface area contributed by atoms with Crippen molar-refractivity contribution in [3.05, 3.63) is 82.3 Å². The summed E-state index contributed by atoms with van der Waals surface area (Å²) in [5.41, 5.74) is 4.96. The molecule has 0 spiro atoms. The molecule has 0 bridgehead atoms. The third-order valence-electron chi connectivity index (χ3n) is 14.7. The van der Waals surface area contributed by atoms with Crippen LogP contribution in [-0.4, -0.2) is 92.8 Å². The van der Waals surface area contributed by atoms with Gasteiger partial charge in [-0.15, -0.1) is 22.7 Å². The molecule has 1 aliphatic heterocycles. The van der Waals surface area contributed by atoms with Crippen LogP contribution in [-0.2, 0) is 30.3 Å². The van der Waals surface area contributed by atoms with Gasteiger partial charge in [0, 0.05) is 100.0 Å². The standard InChI is InChI=1S/C53H67N10O7PS3/c1-31(2)69-52(64)58-36-13-8-35(9-14-36)51-55-30-46(73-51)43-22-18-39(27-47(43)74(67,68)41-19-20-41)57-49-28-40(61-63-49)12-7-33(4)70-53(65)59-37-15-10-34(11-16-37)50-54-29-45(72-50)42-21-17-38(56-48-25-32(3)60-62-48)26-44(42)71(66)23-5-6-24-71/h17-18,21-22,25-31,33-37,41H,5-16,19-20,23-24H2,1-4H3,(H,58,64)(H,59,65)(H2,56,60,62)(H2,57,61,63). The lowest BCUT2D eigenvalue weighted by Crippen LogP contribution is -2.39. The van der Waals surface area contributed by atoms with Crippen molar-refractivity contribution >= 4 is 80.2 Å². The summed E-state index contributed by atoms with van der Waals surface area (Å²) < 4.78 is 53.1. The van der Waals surface area contributed by atoms with Crippen molar-refractivity contribution in [1.29, 1.82) is 0 Å². The predicted molar refractivity (Wildman–Crippen MR) is 292 cm³/mol. The summed E-state index contributed by atoms with van der Waals surface area (Å²) in [6, 6.07) is 15.5. The molecule has 1 saturated heterocycles. The molecule has 5 heterocycles. The van der Waals surface area contributed by atoms with E-state index in [1.54, 1.807) is 34.9 Å². The minimum Gasteiger partial charge on any atom is -0.447 e. The number of aromatic amines is 2. The van der Waals surface area contributed by atoms with Gasteiger partial charge >= 0.3 is 12.2 Å². The number of nitrogens with zero attached hydrogens (tertiary/aromatic N) is 4. The van der Waals surface area contributed by atoms with Gasteiger partial charge in [-0.1, -0.05) is 12.1 Å². The quantitative estimate of drug-likeness (QED) is 0.0440. The molecule has 0 radical (unpaired) electrons. The first-order valence-electron chi connectivity index (χ1n) is 26.2. The first kappa shape index (κ1) is 51.9. The van der Waals surface area contributed by atoms with E-state index in [0.717, 1.165) is 130 Å². The second kappa shape index (κ2) is 22.3. The van der Waals surface area contributed by atoms with Gasteiger partial charge in [0.05, 0.1) is 36.0 Å². The van der Waals surface area contributed by atoms with Crippen molar-refractivity contribution < 1.29 is 32.0 Å². The molecule has 4 fully saturated rings. The smallest absolute Gasteiger partial charge is 0.407 e. The van der Waals surface area contributed by atoms with E-state index in [9.17, 15) is 22.6 Å². The number of aryl methyl sites for hydroxylation is 2. The second-order valence-corrected chi connectivity index (χ2v) is 28.4. The molecule has 4 aliphatic rings. The Balaban J connectivity index is 0.690. The van der Waals surface area contributed by atoms with Crippen LogP contribution in [0, 0.1) is 6.92 Å². The summed E-state index contributed by atoms with van der Waals surface area (Å²) in [6.07, 6.45) is 15.2. The molecule has 2 aromatic carbocycles. The van der Waals surface area contributed by atoms with E-state index in [1.165, 1.54) is 0 Å². The molecule has 17 nitrogen and oxygen atoms in total. The molecule has 6 aromatic rings. The van der Waals surface area contributed by atoms with Gasteiger partial charge in [-0.25, -0.2) is 28.0 Å². The van der Waals surface area contributed by atoms with Gasteiger partial charge < -0.3 is 35.3 Å². The zero-order chi connectivity index (χ0) is 51.6. The number of hydrogen-bond donors (Lipinski definition) is 6. The number of carbonyl (C=O) groups excluding carboxylic acids is 2. The number of nitrogens with one attached hydrogen (secondary N) is 6. The molecule has 21 heteroatoms. The van der Waals surface area contributed by atoms with Gasteiger partial charge in [0.25, 0.3) is 0 Å². The Labute approximate surface area is 440 Å². The Bertz CT molecular complexity index is 3100. The van der Waals surface area contributed by atoms with Crippen LogP contribution in [0.25, 0.3) is 20.9 Å². The molecule has 74 heavy (non-hydrogen) atoms. The van der Waals surface area contributed by atoms with Gasteiger partial charge in [-0.2, -0.15) is 10.2 Å². The van der Waals surface area contributed by atoms with Crippen molar-refractivity contribution in [2.24, 2.45) is 0 Å². The van der Waals surface area contributed by atoms with Crippen LogP contribution in [0.5, 0.6) is 0 Å². The molecule has 3 saturated carbocycles. The SMILES string of the molecule is Cc1cc(Nc2ccc(-c3cnc(C4CCC(NC(=O)OC(C)CCc5cc(Nc6ccc(-c7cnc(C8CCC(NC(=O)OC(C)C)CC8)s7)c(S(=O)(=O)C7CC7)c6)n[nH]5)CC4)s3)c(P3(=O)CCCC3)c2)n[nH]1. The van der Waals surface area contributed by atoms with Crippen molar-refractivity contribution in [3.63, 3.8) is 0 Å². The highest BCUT2D eigenvalue weighted by Crippen LogP contribution is 2.54. The Morgan fingerprint density at radius 2 is 1.27 bits per heavy atom. The first-order chi connectivity index (χ1) is 35.6. The van der Waals surface area contributed by atoms with E-state index in [2.05, 4.69) is 53.8 Å². The van der Waals surface area contributed by atoms with Crippen molar-refractivity contribution in [2.75, 3.05) is 23.0 Å². The topological polar surface area (TPSA) is 235 Å². The normalized spacial score (nSPS) is 21.3. The molecule has 2 amide bonds. The van der Waals surface area contributed by atoms with Crippen LogP contribution in [0.15, 0.2) is 65.8 Å². The van der Waals surface area contributed by atoms with E-state index < -0.39 is 23.1 Å². The van der Waals surface area contributed by atoms with Gasteiger partial charge in [0.15, 0.2) is 21.5 Å². The molecule has 4 aromatic heterocycles. The summed E-state index contributed by atoms with van der Waals surface area (Å²) in [4.78, 5) is 37.0. The maximum Gasteiger partial charge on any atom is 0.407 e. The molecule has 6 N–H and O–H groups in total. The second-order valence-electron chi connectivity index (χ2n) is 20.9. The Morgan fingerprint density at radius 3 is 1.85 bits per heavy atom. The number of ether oxygens (including phenoxy) is 2. The van der Waals surface area contributed by atoms with Crippen LogP contribution in [0.3, 0.4) is 0 Å². The van der Waals surface area contributed by atoms with Crippen LogP contribution in [0.2, 0.25) is 0 Å². The lowest BCUT2D eigenvalue weighted by molar-refractivity contribution is 0.0967. The number of alkyl carbamates (subject to hydrolysis) is 2. The average molecular weight is 1080 g/mol. The molecule has 3 aliphatic carbocycles. The number of aromatic nitrogens is 6. The average Bonchev–Trinajstić information content (AvgIpc) is 3.91. The van der Waals surface area contributed by atoms with Crippen LogP contribution < -0.4 is 26.6 Å². The number of benzene rings is 2. The van der Waals surface area contributed by atoms with Crippen molar-refractivity contribution in [3.8, 4) is 20.9 Å². The molecular weight excluding hydrogens is 1020 g/mol. The van der Waals surface area contributed by atoms with E-state index in [-0.39, 0.29) is 47.5 Å². The first-order valence-corrected chi connectivity index (χ1v) is 31.5. The maximum atomic E-state index is 14.3. The fourth-order valence-electron chi connectivity index (χ4n) is 10.6. The molecular formula is C53H67N10O7PS3. The van der Waals surface area contributed by atoms with E-state index >= 15 is 0 Å². The number of sulfone groups is 1. The summed E-state index contributed by atoms with van der Waals surface area (Å²) in [7, 11) is -6.11. The van der Waals surface area contributed by atoms with E-state index in [1.807, 2.05) is 64.2 Å². The Morgan fingerprint density at radius 1 is 0.716 bits per heavy atom. The summed E-state index contributed by atoms with van der Waals surface area (Å²) in [5.74, 6) is 1.81. The highest BCUT2D eigenvalue weighted by molar-refractivity contribution is 7.92. The molecule has 394 valence electrons. The minimum absolute atomic E-state index is 0.0146. The van der Waals surface area contributed by atoms with Gasteiger partial charge in [-0.3, -0.25) is 10.2 Å². The maximum absolute atomic E-state index is 14.3. The number of hydrogen-bond acceptors (Lipinski definition) is 15. The lowest BCUT2D eigenvalue weighted by atomic mass is 9.86. The Hall–Kier alpha value is -5.56. The molecule has 1 unspecified atom stereocenters. The zero-order valence-corrected chi connectivity index (χ0v) is 45.8. The largest absolute Gasteiger partial charge is 0.447 e.